The SMILES string of the molecule is Cc1ccc(NC(=O)CSc2cc(N3CCCC(C)C3)ncn2)c(Br)c1. The van der Waals surface area contributed by atoms with Gasteiger partial charge in [0.15, 0.2) is 0 Å². The van der Waals surface area contributed by atoms with Crippen LogP contribution in [0.3, 0.4) is 0 Å². The maximum Gasteiger partial charge on any atom is 0.234 e. The van der Waals surface area contributed by atoms with Crippen LogP contribution in [0.5, 0.6) is 0 Å². The molecule has 1 atom stereocenters. The number of amides is 1. The molecule has 138 valence electrons. The summed E-state index contributed by atoms with van der Waals surface area (Å²) in [4.78, 5) is 23.3. The molecule has 1 aromatic carbocycles. The Balaban J connectivity index is 1.57. The Hall–Kier alpha value is -1.60. The van der Waals surface area contributed by atoms with E-state index in [2.05, 4.69) is 43.0 Å². The maximum absolute atomic E-state index is 12.2. The van der Waals surface area contributed by atoms with Crippen molar-refractivity contribution in [2.75, 3.05) is 29.1 Å². The minimum atomic E-state index is -0.0497. The van der Waals surface area contributed by atoms with Gasteiger partial charge in [0, 0.05) is 23.6 Å². The Labute approximate surface area is 167 Å². The second kappa shape index (κ2) is 8.86. The number of anilines is 2. The zero-order valence-corrected chi connectivity index (χ0v) is 17.4. The second-order valence-corrected chi connectivity index (χ2v) is 8.58. The van der Waals surface area contributed by atoms with E-state index in [1.54, 1.807) is 6.33 Å². The van der Waals surface area contributed by atoms with Gasteiger partial charge in [0.05, 0.1) is 11.4 Å². The van der Waals surface area contributed by atoms with Crippen LogP contribution in [0.15, 0.2) is 40.1 Å². The third kappa shape index (κ3) is 5.20. The number of nitrogens with one attached hydrogen (secondary N) is 1. The van der Waals surface area contributed by atoms with E-state index in [1.165, 1.54) is 24.6 Å². The number of piperidine rings is 1. The zero-order valence-electron chi connectivity index (χ0n) is 15.0. The predicted molar refractivity (Wildman–Crippen MR) is 111 cm³/mol. The van der Waals surface area contributed by atoms with Crippen LogP contribution in [0.25, 0.3) is 0 Å². The fourth-order valence-electron chi connectivity index (χ4n) is 3.03. The largest absolute Gasteiger partial charge is 0.356 e. The van der Waals surface area contributed by atoms with Crippen LogP contribution in [0.2, 0.25) is 0 Å². The molecule has 1 saturated heterocycles. The van der Waals surface area contributed by atoms with Crippen molar-refractivity contribution >= 4 is 45.1 Å². The predicted octanol–water partition coefficient (Wildman–Crippen LogP) is 4.51. The average Bonchev–Trinajstić information content (AvgIpc) is 2.63. The molecule has 2 aromatic rings. The van der Waals surface area contributed by atoms with Crippen LogP contribution >= 0.6 is 27.7 Å². The molecule has 26 heavy (non-hydrogen) atoms. The third-order valence-corrected chi connectivity index (χ3v) is 5.94. The summed E-state index contributed by atoms with van der Waals surface area (Å²) in [5.74, 6) is 1.91. The molecule has 1 aliphatic rings. The van der Waals surface area contributed by atoms with Gasteiger partial charge in [-0.2, -0.15) is 0 Å². The summed E-state index contributed by atoms with van der Waals surface area (Å²) >= 11 is 4.91. The first kappa shape index (κ1) is 19.2. The molecule has 2 heterocycles. The Morgan fingerprint density at radius 2 is 2.23 bits per heavy atom. The molecule has 1 N–H and O–H groups in total. The second-order valence-electron chi connectivity index (χ2n) is 6.73. The van der Waals surface area contributed by atoms with E-state index in [1.807, 2.05) is 31.2 Å². The molecule has 1 amide bonds. The lowest BCUT2D eigenvalue weighted by atomic mass is 10.0. The van der Waals surface area contributed by atoms with Gasteiger partial charge in [0.25, 0.3) is 0 Å². The summed E-state index contributed by atoms with van der Waals surface area (Å²) < 4.78 is 0.888. The number of carbonyl (C=O) groups excluding carboxylic acids is 1. The average molecular weight is 435 g/mol. The molecule has 0 saturated carbocycles. The molecule has 7 heteroatoms. The van der Waals surface area contributed by atoms with Crippen molar-refractivity contribution in [1.82, 2.24) is 9.97 Å². The van der Waals surface area contributed by atoms with E-state index in [4.69, 9.17) is 0 Å². The number of halogens is 1. The maximum atomic E-state index is 12.2. The van der Waals surface area contributed by atoms with E-state index in [0.29, 0.717) is 11.7 Å². The van der Waals surface area contributed by atoms with Gasteiger partial charge in [-0.1, -0.05) is 24.8 Å². The van der Waals surface area contributed by atoms with Crippen LogP contribution in [0.4, 0.5) is 11.5 Å². The lowest BCUT2D eigenvalue weighted by Gasteiger charge is -2.31. The molecule has 0 radical (unpaired) electrons. The normalized spacial score (nSPS) is 17.2. The highest BCUT2D eigenvalue weighted by Crippen LogP contribution is 2.26. The molecule has 1 aliphatic heterocycles. The molecule has 0 bridgehead atoms. The smallest absolute Gasteiger partial charge is 0.234 e. The van der Waals surface area contributed by atoms with Gasteiger partial charge < -0.3 is 10.2 Å². The Morgan fingerprint density at radius 3 is 3.00 bits per heavy atom. The minimum Gasteiger partial charge on any atom is -0.356 e. The molecule has 1 aromatic heterocycles. The quantitative estimate of drug-likeness (QED) is 0.553. The van der Waals surface area contributed by atoms with Crippen LogP contribution in [0, 0.1) is 12.8 Å². The Kier molecular flexibility index (Phi) is 6.53. The van der Waals surface area contributed by atoms with Crippen LogP contribution in [0.1, 0.15) is 25.3 Å². The molecular weight excluding hydrogens is 412 g/mol. The van der Waals surface area contributed by atoms with Gasteiger partial charge >= 0.3 is 0 Å². The summed E-state index contributed by atoms with van der Waals surface area (Å²) in [5, 5.41) is 3.76. The van der Waals surface area contributed by atoms with Crippen LogP contribution < -0.4 is 10.2 Å². The van der Waals surface area contributed by atoms with Crippen molar-refractivity contribution in [2.24, 2.45) is 5.92 Å². The van der Waals surface area contributed by atoms with Gasteiger partial charge in [0.1, 0.15) is 17.2 Å². The van der Waals surface area contributed by atoms with Crippen LogP contribution in [-0.2, 0) is 4.79 Å². The molecule has 0 aliphatic carbocycles. The number of thioether (sulfide) groups is 1. The number of hydrogen-bond donors (Lipinski definition) is 1. The van der Waals surface area contributed by atoms with Gasteiger partial charge in [0.2, 0.25) is 5.91 Å². The van der Waals surface area contributed by atoms with E-state index in [0.717, 1.165) is 39.7 Å². The molecular formula is C19H23BrN4OS. The fraction of sp³-hybridized carbons (Fsp3) is 0.421. The van der Waals surface area contributed by atoms with E-state index >= 15 is 0 Å². The van der Waals surface area contributed by atoms with Crippen molar-refractivity contribution in [3.63, 3.8) is 0 Å². The number of benzene rings is 1. The fourth-order valence-corrected chi connectivity index (χ4v) is 4.28. The highest BCUT2D eigenvalue weighted by Gasteiger charge is 2.18. The summed E-state index contributed by atoms with van der Waals surface area (Å²) in [6.45, 7) is 6.36. The Bertz CT molecular complexity index is 786. The Morgan fingerprint density at radius 1 is 1.38 bits per heavy atom. The van der Waals surface area contributed by atoms with E-state index < -0.39 is 0 Å². The van der Waals surface area contributed by atoms with Crippen molar-refractivity contribution in [3.8, 4) is 0 Å². The lowest BCUT2D eigenvalue weighted by molar-refractivity contribution is -0.113. The monoisotopic (exact) mass is 434 g/mol. The molecule has 1 fully saturated rings. The lowest BCUT2D eigenvalue weighted by Crippen LogP contribution is -2.34. The molecule has 0 spiro atoms. The summed E-state index contributed by atoms with van der Waals surface area (Å²) in [6.07, 6.45) is 4.06. The highest BCUT2D eigenvalue weighted by atomic mass is 79.9. The minimum absolute atomic E-state index is 0.0497. The first-order chi connectivity index (χ1) is 12.5. The first-order valence-corrected chi connectivity index (χ1v) is 10.5. The molecule has 5 nitrogen and oxygen atoms in total. The molecule has 1 unspecified atom stereocenters. The van der Waals surface area contributed by atoms with E-state index in [-0.39, 0.29) is 5.91 Å². The number of nitrogens with zero attached hydrogens (tertiary/aromatic N) is 3. The van der Waals surface area contributed by atoms with Gasteiger partial charge in [-0.3, -0.25) is 4.79 Å². The van der Waals surface area contributed by atoms with E-state index in [9.17, 15) is 4.79 Å². The zero-order chi connectivity index (χ0) is 18.5. The van der Waals surface area contributed by atoms with Gasteiger partial charge in [-0.15, -0.1) is 0 Å². The van der Waals surface area contributed by atoms with Crippen molar-refractivity contribution < 1.29 is 4.79 Å². The highest BCUT2D eigenvalue weighted by molar-refractivity contribution is 9.10. The number of aryl methyl sites for hydroxylation is 1. The van der Waals surface area contributed by atoms with Crippen molar-refractivity contribution in [1.29, 1.82) is 0 Å². The van der Waals surface area contributed by atoms with Crippen LogP contribution in [-0.4, -0.2) is 34.7 Å². The molecule has 3 rings (SSSR count). The standard InChI is InChI=1S/C19H23BrN4OS/c1-13-5-6-16(15(20)8-13)23-18(25)11-26-19-9-17(21-12-22-19)24-7-3-4-14(2)10-24/h5-6,8-9,12,14H,3-4,7,10-11H2,1-2H3,(H,23,25). The van der Waals surface area contributed by atoms with Gasteiger partial charge in [-0.25, -0.2) is 9.97 Å². The number of rotatable bonds is 5. The van der Waals surface area contributed by atoms with Crippen molar-refractivity contribution in [3.05, 3.63) is 40.6 Å². The topological polar surface area (TPSA) is 58.1 Å². The third-order valence-electron chi connectivity index (χ3n) is 4.36. The number of carbonyl (C=O) groups is 1. The number of aromatic nitrogens is 2. The summed E-state index contributed by atoms with van der Waals surface area (Å²) in [5.41, 5.74) is 1.93. The summed E-state index contributed by atoms with van der Waals surface area (Å²) in [6, 6.07) is 7.85. The number of hydrogen-bond acceptors (Lipinski definition) is 5. The summed E-state index contributed by atoms with van der Waals surface area (Å²) in [7, 11) is 0. The van der Waals surface area contributed by atoms with Crippen molar-refractivity contribution in [2.45, 2.75) is 31.7 Å². The first-order valence-electron chi connectivity index (χ1n) is 8.77. The van der Waals surface area contributed by atoms with Gasteiger partial charge in [-0.05, 0) is 59.3 Å².